The van der Waals surface area contributed by atoms with Crippen LogP contribution in [0.1, 0.15) is 40.0 Å². The minimum atomic E-state index is -0.553. The summed E-state index contributed by atoms with van der Waals surface area (Å²) in [4.78, 5) is 26.2. The van der Waals surface area contributed by atoms with E-state index in [1.807, 2.05) is 24.3 Å². The summed E-state index contributed by atoms with van der Waals surface area (Å²) in [5.41, 5.74) is 10.2. The molecule has 1 aliphatic rings. The number of rotatable bonds is 6. The van der Waals surface area contributed by atoms with Gasteiger partial charge < -0.3 is 21.1 Å². The number of methoxy groups -OCH3 is 1. The van der Waals surface area contributed by atoms with Crippen molar-refractivity contribution < 1.29 is 9.53 Å². The van der Waals surface area contributed by atoms with Crippen LogP contribution >= 0.6 is 0 Å². The van der Waals surface area contributed by atoms with Crippen molar-refractivity contribution in [3.63, 3.8) is 0 Å². The summed E-state index contributed by atoms with van der Waals surface area (Å²) in [6.45, 7) is 4.29. The molecular formula is C24H25N7O2. The number of anilines is 1. The molecule has 168 valence electrons. The summed E-state index contributed by atoms with van der Waals surface area (Å²) in [5.74, 6) is 0.899. The van der Waals surface area contributed by atoms with Gasteiger partial charge in [-0.15, -0.1) is 0 Å². The first-order valence-corrected chi connectivity index (χ1v) is 10.8. The Labute approximate surface area is 191 Å². The quantitative estimate of drug-likeness (QED) is 0.419. The molecule has 1 unspecified atom stereocenters. The number of nitrogens with two attached hydrogens (primary N) is 1. The number of amides is 1. The predicted molar refractivity (Wildman–Crippen MR) is 126 cm³/mol. The highest BCUT2D eigenvalue weighted by atomic mass is 16.5. The molecule has 0 spiro atoms. The number of nitrogens with one attached hydrogen (secondary N) is 2. The van der Waals surface area contributed by atoms with E-state index in [0.29, 0.717) is 35.6 Å². The van der Waals surface area contributed by atoms with Crippen molar-refractivity contribution in [2.45, 2.75) is 25.9 Å². The van der Waals surface area contributed by atoms with Crippen molar-refractivity contribution in [2.75, 3.05) is 19.0 Å². The standard InChI is InChI=1S/C24H25N7O2/c1-14-11-26-13-17-19(14)22(27-12-15-7-4-3-5-8-15)30-23(28-17)31-18-10-6-9-16(21(25)32)20(18)29-24(31)33-2/h3-10,14,26H,11-13H2,1-2H3,(H2,25,32)(H,27,28,30). The van der Waals surface area contributed by atoms with E-state index in [9.17, 15) is 4.79 Å². The average Bonchev–Trinajstić information content (AvgIpc) is 3.21. The third-order valence-corrected chi connectivity index (χ3v) is 5.85. The van der Waals surface area contributed by atoms with Crippen LogP contribution in [0.25, 0.3) is 17.0 Å². The number of para-hydroxylation sites is 1. The smallest absolute Gasteiger partial charge is 0.304 e. The van der Waals surface area contributed by atoms with E-state index in [-0.39, 0.29) is 11.9 Å². The first-order chi connectivity index (χ1) is 16.1. The molecule has 0 bridgehead atoms. The lowest BCUT2D eigenvalue weighted by Gasteiger charge is -2.26. The molecule has 2 aromatic heterocycles. The van der Waals surface area contributed by atoms with Crippen molar-refractivity contribution in [1.82, 2.24) is 24.8 Å². The van der Waals surface area contributed by atoms with E-state index in [2.05, 4.69) is 34.7 Å². The summed E-state index contributed by atoms with van der Waals surface area (Å²) < 4.78 is 7.25. The van der Waals surface area contributed by atoms with E-state index >= 15 is 0 Å². The highest BCUT2D eigenvalue weighted by molar-refractivity contribution is 6.04. The summed E-state index contributed by atoms with van der Waals surface area (Å²) in [5, 5.41) is 6.93. The maximum atomic E-state index is 11.9. The van der Waals surface area contributed by atoms with Gasteiger partial charge in [-0.2, -0.15) is 9.97 Å². The number of ether oxygens (including phenoxy) is 1. The number of primary amides is 1. The molecule has 2 aromatic carbocycles. The lowest BCUT2D eigenvalue weighted by molar-refractivity contribution is 0.100. The van der Waals surface area contributed by atoms with Gasteiger partial charge in [0.25, 0.3) is 5.91 Å². The first-order valence-electron chi connectivity index (χ1n) is 10.8. The Hall–Kier alpha value is -3.98. The van der Waals surface area contributed by atoms with E-state index in [0.717, 1.165) is 29.2 Å². The fourth-order valence-electron chi connectivity index (χ4n) is 4.29. The van der Waals surface area contributed by atoms with Crippen LogP contribution in [0.2, 0.25) is 0 Å². The van der Waals surface area contributed by atoms with Crippen LogP contribution in [0.3, 0.4) is 0 Å². The lowest BCUT2D eigenvalue weighted by atomic mass is 9.96. The van der Waals surface area contributed by atoms with E-state index in [4.69, 9.17) is 20.4 Å². The summed E-state index contributed by atoms with van der Waals surface area (Å²) in [6, 6.07) is 15.7. The predicted octanol–water partition coefficient (Wildman–Crippen LogP) is 2.74. The van der Waals surface area contributed by atoms with Gasteiger partial charge in [-0.05, 0) is 23.6 Å². The molecule has 5 rings (SSSR count). The number of benzene rings is 2. The van der Waals surface area contributed by atoms with Gasteiger partial charge in [-0.3, -0.25) is 4.79 Å². The monoisotopic (exact) mass is 443 g/mol. The summed E-state index contributed by atoms with van der Waals surface area (Å²) in [6.07, 6.45) is 0. The minimum Gasteiger partial charge on any atom is -0.468 e. The topological polar surface area (TPSA) is 120 Å². The molecule has 0 fully saturated rings. The molecular weight excluding hydrogens is 418 g/mol. The van der Waals surface area contributed by atoms with Gasteiger partial charge in [0.15, 0.2) is 0 Å². The zero-order chi connectivity index (χ0) is 22.9. The Balaban J connectivity index is 1.67. The molecule has 0 saturated carbocycles. The highest BCUT2D eigenvalue weighted by Gasteiger charge is 2.26. The zero-order valence-electron chi connectivity index (χ0n) is 18.5. The molecule has 1 amide bonds. The fraction of sp³-hybridized carbons (Fsp3) is 0.250. The van der Waals surface area contributed by atoms with Crippen LogP contribution in [0, 0.1) is 0 Å². The third kappa shape index (κ3) is 3.76. The van der Waals surface area contributed by atoms with Crippen LogP contribution in [0.4, 0.5) is 5.82 Å². The molecule has 1 aliphatic heterocycles. The molecule has 4 aromatic rings. The van der Waals surface area contributed by atoms with Gasteiger partial charge in [0.2, 0.25) is 5.95 Å². The largest absolute Gasteiger partial charge is 0.468 e. The second-order valence-electron chi connectivity index (χ2n) is 8.08. The fourth-order valence-corrected chi connectivity index (χ4v) is 4.29. The van der Waals surface area contributed by atoms with Gasteiger partial charge in [-0.1, -0.05) is 43.3 Å². The second kappa shape index (κ2) is 8.51. The minimum absolute atomic E-state index is 0.254. The molecule has 9 heteroatoms. The zero-order valence-corrected chi connectivity index (χ0v) is 18.5. The van der Waals surface area contributed by atoms with Gasteiger partial charge in [-0.25, -0.2) is 9.55 Å². The van der Waals surface area contributed by atoms with Gasteiger partial charge >= 0.3 is 6.01 Å². The Kier molecular flexibility index (Phi) is 5.39. The van der Waals surface area contributed by atoms with Crippen molar-refractivity contribution in [3.8, 4) is 12.0 Å². The Morgan fingerprint density at radius 1 is 1.18 bits per heavy atom. The number of hydrogen-bond donors (Lipinski definition) is 3. The van der Waals surface area contributed by atoms with Gasteiger partial charge in [0, 0.05) is 25.2 Å². The molecule has 9 nitrogen and oxygen atoms in total. The molecule has 0 saturated heterocycles. The van der Waals surface area contributed by atoms with Crippen molar-refractivity contribution >= 4 is 22.8 Å². The SMILES string of the molecule is COc1nc2c(C(N)=O)cccc2n1-c1nc2c(c(NCc3ccccc3)n1)C(C)CNC2. The molecule has 1 atom stereocenters. The van der Waals surface area contributed by atoms with E-state index in [1.165, 1.54) is 7.11 Å². The number of imidazole rings is 1. The Morgan fingerprint density at radius 3 is 2.76 bits per heavy atom. The van der Waals surface area contributed by atoms with Crippen molar-refractivity contribution in [2.24, 2.45) is 5.73 Å². The van der Waals surface area contributed by atoms with Crippen LogP contribution in [0.15, 0.2) is 48.5 Å². The van der Waals surface area contributed by atoms with Gasteiger partial charge in [0.1, 0.15) is 11.3 Å². The van der Waals surface area contributed by atoms with E-state index < -0.39 is 5.91 Å². The number of carbonyl (C=O) groups excluding carboxylic acids is 1. The molecule has 0 radical (unpaired) electrons. The third-order valence-electron chi connectivity index (χ3n) is 5.85. The van der Waals surface area contributed by atoms with E-state index in [1.54, 1.807) is 16.7 Å². The maximum Gasteiger partial charge on any atom is 0.304 e. The van der Waals surface area contributed by atoms with Crippen LogP contribution in [0.5, 0.6) is 6.01 Å². The normalized spacial score (nSPS) is 15.3. The number of hydrogen-bond acceptors (Lipinski definition) is 7. The first kappa shape index (κ1) is 20.9. The Bertz CT molecular complexity index is 1330. The maximum absolute atomic E-state index is 11.9. The average molecular weight is 444 g/mol. The number of nitrogens with zero attached hydrogens (tertiary/aromatic N) is 4. The van der Waals surface area contributed by atoms with Crippen LogP contribution in [-0.4, -0.2) is 39.1 Å². The van der Waals surface area contributed by atoms with Crippen molar-refractivity contribution in [3.05, 3.63) is 70.9 Å². The van der Waals surface area contributed by atoms with Gasteiger partial charge in [0.05, 0.1) is 23.9 Å². The van der Waals surface area contributed by atoms with Crippen molar-refractivity contribution in [1.29, 1.82) is 0 Å². The Morgan fingerprint density at radius 2 is 2.00 bits per heavy atom. The summed E-state index contributed by atoms with van der Waals surface area (Å²) in [7, 11) is 1.53. The number of carbonyl (C=O) groups is 1. The molecule has 33 heavy (non-hydrogen) atoms. The second-order valence-corrected chi connectivity index (χ2v) is 8.08. The number of fused-ring (bicyclic) bond motifs is 2. The highest BCUT2D eigenvalue weighted by Crippen LogP contribution is 2.32. The number of aromatic nitrogens is 4. The van der Waals surface area contributed by atoms with Crippen LogP contribution < -0.4 is 21.1 Å². The summed E-state index contributed by atoms with van der Waals surface area (Å²) >= 11 is 0. The molecule has 0 aliphatic carbocycles. The van der Waals surface area contributed by atoms with Crippen LogP contribution in [-0.2, 0) is 13.1 Å². The lowest BCUT2D eigenvalue weighted by Crippen LogP contribution is -2.29. The molecule has 3 heterocycles. The molecule has 4 N–H and O–H groups in total.